The highest BCUT2D eigenvalue weighted by atomic mass is 79.9. The van der Waals surface area contributed by atoms with Crippen molar-refractivity contribution in [3.05, 3.63) is 79.5 Å². The van der Waals surface area contributed by atoms with Gasteiger partial charge in [-0.05, 0) is 23.8 Å². The lowest BCUT2D eigenvalue weighted by molar-refractivity contribution is 0.937. The summed E-state index contributed by atoms with van der Waals surface area (Å²) in [5, 5.41) is 4.34. The first kappa shape index (κ1) is 14.3. The van der Waals surface area contributed by atoms with Gasteiger partial charge in [0, 0.05) is 10.0 Å². The molecule has 0 amide bonds. The molecule has 2 aromatic heterocycles. The zero-order valence-electron chi connectivity index (χ0n) is 11.8. The van der Waals surface area contributed by atoms with E-state index in [1.165, 1.54) is 15.9 Å². The molecule has 0 aliphatic carbocycles. The molecule has 112 valence electrons. The van der Waals surface area contributed by atoms with E-state index in [1.54, 1.807) is 0 Å². The zero-order valence-corrected chi connectivity index (χ0v) is 14.2. The number of hydrogen-bond acceptors (Lipinski definition) is 4. The van der Waals surface area contributed by atoms with Crippen LogP contribution in [0.4, 0.5) is 0 Å². The van der Waals surface area contributed by atoms with Crippen molar-refractivity contribution in [1.82, 2.24) is 14.6 Å². The average Bonchev–Trinajstić information content (AvgIpc) is 3.10. The van der Waals surface area contributed by atoms with Crippen LogP contribution in [0.1, 0.15) is 5.56 Å². The molecular formula is C17H10BrN3OS. The third kappa shape index (κ3) is 2.71. The molecule has 0 unspecified atom stereocenters. The number of rotatable bonds is 2. The van der Waals surface area contributed by atoms with Gasteiger partial charge in [-0.25, -0.2) is 0 Å². The zero-order chi connectivity index (χ0) is 15.8. The molecule has 0 fully saturated rings. The monoisotopic (exact) mass is 383 g/mol. The Morgan fingerprint density at radius 2 is 1.78 bits per heavy atom. The van der Waals surface area contributed by atoms with Crippen LogP contribution in [0.5, 0.6) is 0 Å². The van der Waals surface area contributed by atoms with Crippen molar-refractivity contribution in [2.75, 3.05) is 0 Å². The van der Waals surface area contributed by atoms with Crippen molar-refractivity contribution in [3.8, 4) is 11.4 Å². The first-order chi connectivity index (χ1) is 11.2. The van der Waals surface area contributed by atoms with Crippen LogP contribution in [0.15, 0.2) is 63.9 Å². The van der Waals surface area contributed by atoms with Gasteiger partial charge in [0.25, 0.3) is 5.56 Å². The van der Waals surface area contributed by atoms with Crippen molar-refractivity contribution in [1.29, 1.82) is 0 Å². The summed E-state index contributed by atoms with van der Waals surface area (Å²) in [6.07, 6.45) is 1.86. The maximum Gasteiger partial charge on any atom is 0.291 e. The van der Waals surface area contributed by atoms with E-state index in [-0.39, 0.29) is 5.56 Å². The standard InChI is InChI=1S/C17H10BrN3OS/c18-13-8-6-12(7-9-13)15-19-17-21(20-15)16(22)14(23-17)10-11-4-2-1-3-5-11/h1-10H/b14-10-. The van der Waals surface area contributed by atoms with E-state index < -0.39 is 0 Å². The van der Waals surface area contributed by atoms with Crippen molar-refractivity contribution >= 4 is 38.3 Å². The predicted octanol–water partition coefficient (Wildman–Crippen LogP) is 3.13. The van der Waals surface area contributed by atoms with Crippen LogP contribution in [-0.4, -0.2) is 14.6 Å². The van der Waals surface area contributed by atoms with Gasteiger partial charge in [-0.2, -0.15) is 9.50 Å². The fraction of sp³-hybridized carbons (Fsp3) is 0. The first-order valence-electron chi connectivity index (χ1n) is 6.93. The summed E-state index contributed by atoms with van der Waals surface area (Å²) in [6, 6.07) is 17.5. The summed E-state index contributed by atoms with van der Waals surface area (Å²) < 4.78 is 3.00. The Labute approximate surface area is 143 Å². The Balaban J connectivity index is 1.82. The summed E-state index contributed by atoms with van der Waals surface area (Å²) in [5.74, 6) is 0.562. The SMILES string of the molecule is O=c1/c(=C/c2ccccc2)sc2nc(-c3ccc(Br)cc3)nn12. The molecule has 0 bridgehead atoms. The van der Waals surface area contributed by atoms with E-state index in [1.807, 2.05) is 60.7 Å². The number of benzene rings is 2. The van der Waals surface area contributed by atoms with Crippen LogP contribution in [0.2, 0.25) is 0 Å². The van der Waals surface area contributed by atoms with E-state index in [4.69, 9.17) is 0 Å². The van der Waals surface area contributed by atoms with Crippen LogP contribution >= 0.6 is 27.3 Å². The molecule has 0 atom stereocenters. The van der Waals surface area contributed by atoms with Gasteiger partial charge < -0.3 is 0 Å². The molecule has 0 aliphatic rings. The van der Waals surface area contributed by atoms with Crippen molar-refractivity contribution in [2.24, 2.45) is 0 Å². The van der Waals surface area contributed by atoms with Gasteiger partial charge in [0.15, 0.2) is 5.82 Å². The van der Waals surface area contributed by atoms with Gasteiger partial charge >= 0.3 is 0 Å². The van der Waals surface area contributed by atoms with Gasteiger partial charge in [0.05, 0.1) is 4.53 Å². The second kappa shape index (κ2) is 5.72. The number of aromatic nitrogens is 3. The summed E-state index contributed by atoms with van der Waals surface area (Å²) in [6.45, 7) is 0. The number of halogens is 1. The third-order valence-corrected chi connectivity index (χ3v) is 4.87. The number of nitrogens with zero attached hydrogens (tertiary/aromatic N) is 3. The predicted molar refractivity (Wildman–Crippen MR) is 95.5 cm³/mol. The first-order valence-corrected chi connectivity index (χ1v) is 8.54. The Kier molecular flexibility index (Phi) is 3.55. The van der Waals surface area contributed by atoms with E-state index in [0.29, 0.717) is 15.3 Å². The Hall–Kier alpha value is -2.31. The highest BCUT2D eigenvalue weighted by molar-refractivity contribution is 9.10. The molecule has 0 N–H and O–H groups in total. The van der Waals surface area contributed by atoms with Crippen LogP contribution in [-0.2, 0) is 0 Å². The minimum Gasteiger partial charge on any atom is -0.266 e. The quantitative estimate of drug-likeness (QED) is 0.534. The highest BCUT2D eigenvalue weighted by Crippen LogP contribution is 2.19. The molecule has 6 heteroatoms. The molecule has 0 saturated heterocycles. The molecule has 2 aromatic carbocycles. The van der Waals surface area contributed by atoms with Crippen LogP contribution in [0.25, 0.3) is 22.4 Å². The molecular weight excluding hydrogens is 374 g/mol. The maximum atomic E-state index is 12.5. The van der Waals surface area contributed by atoms with Crippen LogP contribution < -0.4 is 10.1 Å². The number of fused-ring (bicyclic) bond motifs is 1. The van der Waals surface area contributed by atoms with E-state index >= 15 is 0 Å². The molecule has 0 spiro atoms. The fourth-order valence-corrected chi connectivity index (χ4v) is 3.43. The number of thiazole rings is 1. The highest BCUT2D eigenvalue weighted by Gasteiger charge is 2.11. The average molecular weight is 384 g/mol. The minimum atomic E-state index is -0.135. The van der Waals surface area contributed by atoms with Crippen molar-refractivity contribution in [3.63, 3.8) is 0 Å². The van der Waals surface area contributed by atoms with Gasteiger partial charge in [0.2, 0.25) is 4.96 Å². The van der Waals surface area contributed by atoms with Gasteiger partial charge in [-0.3, -0.25) is 4.79 Å². The summed E-state index contributed by atoms with van der Waals surface area (Å²) in [5.41, 5.74) is 1.74. The molecule has 0 radical (unpaired) electrons. The lowest BCUT2D eigenvalue weighted by atomic mass is 10.2. The van der Waals surface area contributed by atoms with Crippen LogP contribution in [0, 0.1) is 0 Å². The van der Waals surface area contributed by atoms with Crippen molar-refractivity contribution in [2.45, 2.75) is 0 Å². The lowest BCUT2D eigenvalue weighted by Crippen LogP contribution is -2.23. The Bertz CT molecular complexity index is 1080. The van der Waals surface area contributed by atoms with Crippen molar-refractivity contribution < 1.29 is 0 Å². The smallest absolute Gasteiger partial charge is 0.266 e. The summed E-state index contributed by atoms with van der Waals surface area (Å²) >= 11 is 4.75. The van der Waals surface area contributed by atoms with Crippen LogP contribution in [0.3, 0.4) is 0 Å². The van der Waals surface area contributed by atoms with Gasteiger partial charge in [-0.15, -0.1) is 5.10 Å². The lowest BCUT2D eigenvalue weighted by Gasteiger charge is -1.94. The molecule has 23 heavy (non-hydrogen) atoms. The number of hydrogen-bond donors (Lipinski definition) is 0. The molecule has 4 rings (SSSR count). The van der Waals surface area contributed by atoms with E-state index in [0.717, 1.165) is 15.6 Å². The third-order valence-electron chi connectivity index (χ3n) is 3.38. The molecule has 0 saturated carbocycles. The second-order valence-electron chi connectivity index (χ2n) is 4.96. The molecule has 4 aromatic rings. The minimum absolute atomic E-state index is 0.135. The van der Waals surface area contributed by atoms with Gasteiger partial charge in [-0.1, -0.05) is 69.7 Å². The Morgan fingerprint density at radius 1 is 1.04 bits per heavy atom. The fourth-order valence-electron chi connectivity index (χ4n) is 2.26. The van der Waals surface area contributed by atoms with E-state index in [9.17, 15) is 4.79 Å². The normalized spacial score (nSPS) is 12.1. The molecule has 2 heterocycles. The van der Waals surface area contributed by atoms with E-state index in [2.05, 4.69) is 26.0 Å². The summed E-state index contributed by atoms with van der Waals surface area (Å²) in [7, 11) is 0. The maximum absolute atomic E-state index is 12.5. The largest absolute Gasteiger partial charge is 0.291 e. The van der Waals surface area contributed by atoms with Gasteiger partial charge in [0.1, 0.15) is 0 Å². The Morgan fingerprint density at radius 3 is 2.48 bits per heavy atom. The molecule has 0 aliphatic heterocycles. The topological polar surface area (TPSA) is 47.3 Å². The second-order valence-corrected chi connectivity index (χ2v) is 6.89. The molecule has 4 nitrogen and oxygen atoms in total. The summed E-state index contributed by atoms with van der Waals surface area (Å²) in [4.78, 5) is 17.5.